The normalized spacial score (nSPS) is 22.2. The third-order valence-corrected chi connectivity index (χ3v) is 4.52. The van der Waals surface area contributed by atoms with Crippen LogP contribution in [0, 0.1) is 11.3 Å². The van der Waals surface area contributed by atoms with Gasteiger partial charge in [0.1, 0.15) is 12.4 Å². The molecule has 1 aromatic rings. The molecule has 1 saturated heterocycles. The zero-order valence-electron chi connectivity index (χ0n) is 12.1. The molecule has 1 saturated carbocycles. The van der Waals surface area contributed by atoms with Crippen LogP contribution in [0.5, 0.6) is 5.75 Å². The minimum atomic E-state index is 0. The smallest absolute Gasteiger partial charge is 0.223 e. The maximum Gasteiger partial charge on any atom is 0.223 e. The zero-order chi connectivity index (χ0) is 13.8. The number of piperidine rings is 1. The van der Waals surface area contributed by atoms with Gasteiger partial charge in [-0.15, -0.1) is 12.4 Å². The monoisotopic (exact) mass is 310 g/mol. The van der Waals surface area contributed by atoms with Crippen molar-refractivity contribution in [2.75, 3.05) is 26.2 Å². The van der Waals surface area contributed by atoms with Crippen LogP contribution >= 0.6 is 12.4 Å². The molecule has 2 fully saturated rings. The zero-order valence-corrected chi connectivity index (χ0v) is 13.0. The van der Waals surface area contributed by atoms with Crippen molar-refractivity contribution in [3.05, 3.63) is 30.3 Å². The summed E-state index contributed by atoms with van der Waals surface area (Å²) in [5, 5.41) is 6.36. The lowest BCUT2D eigenvalue weighted by Crippen LogP contribution is -2.35. The van der Waals surface area contributed by atoms with Crippen LogP contribution < -0.4 is 15.4 Å². The summed E-state index contributed by atoms with van der Waals surface area (Å²) in [6, 6.07) is 9.69. The molecule has 3 rings (SSSR count). The summed E-state index contributed by atoms with van der Waals surface area (Å²) in [5.74, 6) is 1.30. The molecule has 0 bridgehead atoms. The van der Waals surface area contributed by atoms with Gasteiger partial charge in [0.05, 0.1) is 6.54 Å². The highest BCUT2D eigenvalue weighted by Gasteiger charge is 2.57. The van der Waals surface area contributed by atoms with Crippen molar-refractivity contribution in [2.24, 2.45) is 11.3 Å². The van der Waals surface area contributed by atoms with Crippen molar-refractivity contribution in [3.63, 3.8) is 0 Å². The Morgan fingerprint density at radius 2 is 2.00 bits per heavy atom. The number of amides is 1. The molecular weight excluding hydrogens is 288 g/mol. The maximum absolute atomic E-state index is 12.1. The molecule has 1 atom stereocenters. The van der Waals surface area contributed by atoms with Crippen LogP contribution in [0.15, 0.2) is 30.3 Å². The molecule has 1 heterocycles. The van der Waals surface area contributed by atoms with E-state index in [-0.39, 0.29) is 24.2 Å². The van der Waals surface area contributed by atoms with E-state index >= 15 is 0 Å². The molecule has 4 nitrogen and oxygen atoms in total. The van der Waals surface area contributed by atoms with Crippen LogP contribution in [0.2, 0.25) is 0 Å². The number of carbonyl (C=O) groups is 1. The van der Waals surface area contributed by atoms with Gasteiger partial charge in [-0.1, -0.05) is 18.2 Å². The molecule has 1 aliphatic heterocycles. The molecule has 0 radical (unpaired) electrons. The summed E-state index contributed by atoms with van der Waals surface area (Å²) in [6.45, 7) is 3.22. The largest absolute Gasteiger partial charge is 0.492 e. The molecule has 116 valence electrons. The van der Waals surface area contributed by atoms with E-state index in [1.165, 1.54) is 0 Å². The van der Waals surface area contributed by atoms with Gasteiger partial charge in [-0.25, -0.2) is 0 Å². The lowest BCUT2D eigenvalue weighted by atomic mass is 9.92. The van der Waals surface area contributed by atoms with Crippen molar-refractivity contribution >= 4 is 18.3 Å². The Balaban J connectivity index is 0.00000161. The Morgan fingerprint density at radius 3 is 2.71 bits per heavy atom. The van der Waals surface area contributed by atoms with E-state index in [4.69, 9.17) is 4.74 Å². The molecule has 1 aliphatic carbocycles. The Kier molecular flexibility index (Phi) is 5.48. The van der Waals surface area contributed by atoms with E-state index in [2.05, 4.69) is 10.6 Å². The minimum absolute atomic E-state index is 0. The van der Waals surface area contributed by atoms with Gasteiger partial charge in [0.15, 0.2) is 0 Å². The van der Waals surface area contributed by atoms with E-state index in [1.807, 2.05) is 30.3 Å². The van der Waals surface area contributed by atoms with Crippen LogP contribution in [0.1, 0.15) is 19.3 Å². The fraction of sp³-hybridized carbons (Fsp3) is 0.562. The Morgan fingerprint density at radius 1 is 1.29 bits per heavy atom. The third-order valence-electron chi connectivity index (χ3n) is 4.52. The van der Waals surface area contributed by atoms with Crippen molar-refractivity contribution < 1.29 is 9.53 Å². The SMILES string of the molecule is Cl.O=C(NCCOc1ccccc1)C1CC12CCNCC2. The summed E-state index contributed by atoms with van der Waals surface area (Å²) in [7, 11) is 0. The highest BCUT2D eigenvalue weighted by atomic mass is 35.5. The van der Waals surface area contributed by atoms with Crippen molar-refractivity contribution in [1.82, 2.24) is 10.6 Å². The van der Waals surface area contributed by atoms with Crippen LogP contribution in [0.25, 0.3) is 0 Å². The van der Waals surface area contributed by atoms with E-state index in [0.717, 1.165) is 38.1 Å². The number of halogens is 1. The summed E-state index contributed by atoms with van der Waals surface area (Å²) >= 11 is 0. The summed E-state index contributed by atoms with van der Waals surface area (Å²) in [6.07, 6.45) is 3.36. The van der Waals surface area contributed by atoms with Crippen LogP contribution in [-0.4, -0.2) is 32.1 Å². The number of carbonyl (C=O) groups excluding carboxylic acids is 1. The highest BCUT2D eigenvalue weighted by molar-refractivity contribution is 5.85. The standard InChI is InChI=1S/C16H22N2O2.ClH/c19-15(14-12-16(14)6-8-17-9-7-16)18-10-11-20-13-4-2-1-3-5-13;/h1-5,14,17H,6-12H2,(H,18,19);1H. The second-order valence-electron chi connectivity index (χ2n) is 5.82. The van der Waals surface area contributed by atoms with Crippen LogP contribution in [0.4, 0.5) is 0 Å². The van der Waals surface area contributed by atoms with Gasteiger partial charge in [0.2, 0.25) is 5.91 Å². The van der Waals surface area contributed by atoms with Gasteiger partial charge in [-0.3, -0.25) is 4.79 Å². The Labute approximate surface area is 132 Å². The quantitative estimate of drug-likeness (QED) is 0.818. The topological polar surface area (TPSA) is 50.4 Å². The van der Waals surface area contributed by atoms with E-state index in [1.54, 1.807) is 0 Å². The lowest BCUT2D eigenvalue weighted by Gasteiger charge is -2.23. The highest BCUT2D eigenvalue weighted by Crippen LogP contribution is 2.58. The number of ether oxygens (including phenoxy) is 1. The summed E-state index contributed by atoms with van der Waals surface area (Å²) in [4.78, 5) is 12.1. The first-order chi connectivity index (χ1) is 9.80. The molecule has 1 amide bonds. The first kappa shape index (κ1) is 16.1. The van der Waals surface area contributed by atoms with Gasteiger partial charge in [-0.05, 0) is 49.9 Å². The van der Waals surface area contributed by atoms with E-state index < -0.39 is 0 Å². The molecule has 1 aromatic carbocycles. The number of nitrogens with one attached hydrogen (secondary N) is 2. The fourth-order valence-corrected chi connectivity index (χ4v) is 3.18. The Hall–Kier alpha value is -1.26. The van der Waals surface area contributed by atoms with Crippen LogP contribution in [0.3, 0.4) is 0 Å². The predicted molar refractivity (Wildman–Crippen MR) is 84.8 cm³/mol. The molecule has 2 aliphatic rings. The number of hydrogen-bond donors (Lipinski definition) is 2. The average Bonchev–Trinajstić information content (AvgIpc) is 3.19. The number of benzene rings is 1. The van der Waals surface area contributed by atoms with Gasteiger partial charge < -0.3 is 15.4 Å². The molecular formula is C16H23ClN2O2. The van der Waals surface area contributed by atoms with Gasteiger partial charge in [-0.2, -0.15) is 0 Å². The lowest BCUT2D eigenvalue weighted by molar-refractivity contribution is -0.123. The molecule has 2 N–H and O–H groups in total. The molecule has 5 heteroatoms. The maximum atomic E-state index is 12.1. The predicted octanol–water partition coefficient (Wildman–Crippen LogP) is 1.99. The first-order valence-corrected chi connectivity index (χ1v) is 7.46. The molecule has 1 unspecified atom stereocenters. The van der Waals surface area contributed by atoms with E-state index in [9.17, 15) is 4.79 Å². The Bertz CT molecular complexity index is 461. The third kappa shape index (κ3) is 3.89. The number of rotatable bonds is 5. The average molecular weight is 311 g/mol. The van der Waals surface area contributed by atoms with Crippen molar-refractivity contribution in [1.29, 1.82) is 0 Å². The van der Waals surface area contributed by atoms with E-state index in [0.29, 0.717) is 18.6 Å². The number of hydrogen-bond acceptors (Lipinski definition) is 3. The van der Waals surface area contributed by atoms with Crippen molar-refractivity contribution in [3.8, 4) is 5.75 Å². The second kappa shape index (κ2) is 7.14. The van der Waals surface area contributed by atoms with Crippen molar-refractivity contribution in [2.45, 2.75) is 19.3 Å². The van der Waals surface area contributed by atoms with Gasteiger partial charge in [0, 0.05) is 5.92 Å². The summed E-state index contributed by atoms with van der Waals surface area (Å²) in [5.41, 5.74) is 0.315. The van der Waals surface area contributed by atoms with Gasteiger partial charge >= 0.3 is 0 Å². The first-order valence-electron chi connectivity index (χ1n) is 7.46. The van der Waals surface area contributed by atoms with Crippen LogP contribution in [-0.2, 0) is 4.79 Å². The fourth-order valence-electron chi connectivity index (χ4n) is 3.18. The molecule has 0 aromatic heterocycles. The molecule has 21 heavy (non-hydrogen) atoms. The second-order valence-corrected chi connectivity index (χ2v) is 5.82. The number of para-hydroxylation sites is 1. The molecule has 1 spiro atoms. The van der Waals surface area contributed by atoms with Gasteiger partial charge in [0.25, 0.3) is 0 Å². The summed E-state index contributed by atoms with van der Waals surface area (Å²) < 4.78 is 5.57. The minimum Gasteiger partial charge on any atom is -0.492 e.